The summed E-state index contributed by atoms with van der Waals surface area (Å²) in [4.78, 5) is 6.11. The van der Waals surface area contributed by atoms with Crippen LogP contribution in [0, 0.1) is 17.2 Å². The number of nitriles is 1. The second-order valence-electron chi connectivity index (χ2n) is 6.28. The maximum absolute atomic E-state index is 8.91. The van der Waals surface area contributed by atoms with Gasteiger partial charge in [0, 0.05) is 29.2 Å². The third kappa shape index (κ3) is 4.89. The Morgan fingerprint density at radius 1 is 1.21 bits per heavy atom. The molecule has 29 heavy (non-hydrogen) atoms. The lowest BCUT2D eigenvalue weighted by Gasteiger charge is -2.26. The Morgan fingerprint density at radius 3 is 2.66 bits per heavy atom. The van der Waals surface area contributed by atoms with Crippen molar-refractivity contribution in [3.63, 3.8) is 0 Å². The van der Waals surface area contributed by atoms with Crippen molar-refractivity contribution >= 4 is 23.2 Å². The van der Waals surface area contributed by atoms with Crippen molar-refractivity contribution in [2.75, 3.05) is 18.6 Å². The predicted molar refractivity (Wildman–Crippen MR) is 114 cm³/mol. The fourth-order valence-electron chi connectivity index (χ4n) is 2.55. The van der Waals surface area contributed by atoms with Gasteiger partial charge in [0.25, 0.3) is 0 Å². The summed E-state index contributed by atoms with van der Waals surface area (Å²) in [5.74, 6) is 1.88. The summed E-state index contributed by atoms with van der Waals surface area (Å²) in [6, 6.07) is 14.6. The first kappa shape index (κ1) is 20.3. The number of anilines is 1. The van der Waals surface area contributed by atoms with Crippen molar-refractivity contribution in [3.05, 3.63) is 72.2 Å². The summed E-state index contributed by atoms with van der Waals surface area (Å²) in [7, 11) is 1.57. The monoisotopic (exact) mass is 409 g/mol. The summed E-state index contributed by atoms with van der Waals surface area (Å²) in [5.41, 5.74) is 1.37. The van der Waals surface area contributed by atoms with E-state index >= 15 is 0 Å². The molecule has 2 aromatic carbocycles. The van der Waals surface area contributed by atoms with E-state index in [-0.39, 0.29) is 12.5 Å². The molecule has 0 N–H and O–H groups in total. The van der Waals surface area contributed by atoms with Gasteiger partial charge in [0.2, 0.25) is 5.90 Å². The molecule has 0 saturated carbocycles. The van der Waals surface area contributed by atoms with Gasteiger partial charge >= 0.3 is 0 Å². The molecule has 1 aliphatic rings. The standard InChI is InChI=1S/C22H20ClN3O3/c1-15(13-24)14-28-20-9-6-18(12-21(20)27-3)26-11-10-25-22(16(26)2)29-19-7-4-17(23)5-8-19/h4-12,15H,2,14H2,1,3H3/t15-/m0/s1. The SMILES string of the molecule is C=C1C(Oc2ccc(Cl)cc2)=NC=CN1c1ccc(OC[C@@H](C)C#N)c(OC)c1. The summed E-state index contributed by atoms with van der Waals surface area (Å²) in [5, 5.41) is 9.54. The highest BCUT2D eigenvalue weighted by Gasteiger charge is 2.20. The zero-order valence-electron chi connectivity index (χ0n) is 16.1. The van der Waals surface area contributed by atoms with Crippen LogP contribution in [0.25, 0.3) is 0 Å². The van der Waals surface area contributed by atoms with Gasteiger partial charge in [-0.05, 0) is 43.3 Å². The molecule has 0 fully saturated rings. The van der Waals surface area contributed by atoms with E-state index in [1.54, 1.807) is 56.8 Å². The van der Waals surface area contributed by atoms with Crippen LogP contribution in [0.3, 0.4) is 0 Å². The minimum Gasteiger partial charge on any atom is -0.493 e. The van der Waals surface area contributed by atoms with E-state index in [0.29, 0.717) is 33.9 Å². The smallest absolute Gasteiger partial charge is 0.243 e. The van der Waals surface area contributed by atoms with Crippen molar-refractivity contribution in [2.45, 2.75) is 6.92 Å². The molecule has 0 unspecified atom stereocenters. The van der Waals surface area contributed by atoms with Gasteiger partial charge in [-0.3, -0.25) is 0 Å². The Labute approximate surface area is 174 Å². The molecule has 0 bridgehead atoms. The molecule has 0 amide bonds. The van der Waals surface area contributed by atoms with E-state index in [9.17, 15) is 0 Å². The third-order valence-electron chi connectivity index (χ3n) is 4.11. The maximum atomic E-state index is 8.91. The van der Waals surface area contributed by atoms with E-state index in [1.807, 2.05) is 17.0 Å². The number of nitrogens with zero attached hydrogens (tertiary/aromatic N) is 3. The van der Waals surface area contributed by atoms with Crippen LogP contribution in [0.5, 0.6) is 17.2 Å². The van der Waals surface area contributed by atoms with E-state index in [4.69, 9.17) is 31.1 Å². The fourth-order valence-corrected chi connectivity index (χ4v) is 2.68. The molecule has 0 aromatic heterocycles. The topological polar surface area (TPSA) is 67.1 Å². The lowest BCUT2D eigenvalue weighted by molar-refractivity contribution is 0.271. The molecule has 3 rings (SSSR count). The molecule has 0 spiro atoms. The fraction of sp³-hybridized carbons (Fsp3) is 0.182. The van der Waals surface area contributed by atoms with E-state index in [1.165, 1.54) is 0 Å². The minimum absolute atomic E-state index is 0.215. The molecular formula is C22H20ClN3O3. The zero-order valence-corrected chi connectivity index (χ0v) is 16.9. The Kier molecular flexibility index (Phi) is 6.43. The predicted octanol–water partition coefficient (Wildman–Crippen LogP) is 5.17. The molecule has 1 heterocycles. The molecule has 148 valence electrons. The molecule has 1 aliphatic heterocycles. The average molecular weight is 410 g/mol. The van der Waals surface area contributed by atoms with Gasteiger partial charge in [0.05, 0.1) is 19.1 Å². The van der Waals surface area contributed by atoms with Crippen LogP contribution in [0.1, 0.15) is 6.92 Å². The second kappa shape index (κ2) is 9.18. The molecule has 0 saturated heterocycles. The second-order valence-corrected chi connectivity index (χ2v) is 6.72. The molecular weight excluding hydrogens is 390 g/mol. The number of methoxy groups -OCH3 is 1. The molecule has 6 nitrogen and oxygen atoms in total. The van der Waals surface area contributed by atoms with Crippen LogP contribution in [0.2, 0.25) is 5.02 Å². The Morgan fingerprint density at radius 2 is 1.97 bits per heavy atom. The Hall–Kier alpha value is -3.43. The van der Waals surface area contributed by atoms with Gasteiger partial charge in [0.15, 0.2) is 11.5 Å². The number of aliphatic imine (C=N–C) groups is 1. The largest absolute Gasteiger partial charge is 0.493 e. The average Bonchev–Trinajstić information content (AvgIpc) is 2.75. The van der Waals surface area contributed by atoms with Crippen LogP contribution in [-0.4, -0.2) is 19.6 Å². The summed E-state index contributed by atoms with van der Waals surface area (Å²) in [6.45, 7) is 6.18. The number of rotatable bonds is 6. The van der Waals surface area contributed by atoms with Crippen LogP contribution in [-0.2, 0) is 0 Å². The summed E-state index contributed by atoms with van der Waals surface area (Å²) >= 11 is 5.91. The molecule has 7 heteroatoms. The minimum atomic E-state index is -0.215. The van der Waals surface area contributed by atoms with Crippen molar-refractivity contribution in [3.8, 4) is 23.3 Å². The first-order chi connectivity index (χ1) is 14.0. The highest BCUT2D eigenvalue weighted by Crippen LogP contribution is 2.34. The van der Waals surface area contributed by atoms with Crippen LogP contribution in [0.4, 0.5) is 5.69 Å². The van der Waals surface area contributed by atoms with Gasteiger partial charge in [-0.1, -0.05) is 18.2 Å². The van der Waals surface area contributed by atoms with Gasteiger partial charge < -0.3 is 19.1 Å². The number of halogens is 1. The van der Waals surface area contributed by atoms with Crippen molar-refractivity contribution in [1.29, 1.82) is 5.26 Å². The van der Waals surface area contributed by atoms with Crippen molar-refractivity contribution in [2.24, 2.45) is 10.9 Å². The van der Waals surface area contributed by atoms with E-state index in [0.717, 1.165) is 5.69 Å². The molecule has 1 atom stereocenters. The molecule has 0 radical (unpaired) electrons. The first-order valence-electron chi connectivity index (χ1n) is 8.88. The molecule has 0 aliphatic carbocycles. The highest BCUT2D eigenvalue weighted by molar-refractivity contribution is 6.30. The number of hydrogen-bond acceptors (Lipinski definition) is 6. The number of benzene rings is 2. The summed E-state index contributed by atoms with van der Waals surface area (Å²) < 4.78 is 17.0. The summed E-state index contributed by atoms with van der Waals surface area (Å²) in [6.07, 6.45) is 3.41. The van der Waals surface area contributed by atoms with Gasteiger partial charge in [-0.2, -0.15) is 5.26 Å². The molecule has 2 aromatic rings. The van der Waals surface area contributed by atoms with Gasteiger partial charge in [0.1, 0.15) is 18.1 Å². The Balaban J connectivity index is 1.77. The number of hydrogen-bond donors (Lipinski definition) is 0. The lowest BCUT2D eigenvalue weighted by Crippen LogP contribution is -2.27. The quantitative estimate of drug-likeness (QED) is 0.658. The first-order valence-corrected chi connectivity index (χ1v) is 9.26. The van der Waals surface area contributed by atoms with Gasteiger partial charge in [-0.15, -0.1) is 0 Å². The van der Waals surface area contributed by atoms with Crippen molar-refractivity contribution < 1.29 is 14.2 Å². The Bertz CT molecular complexity index is 993. The van der Waals surface area contributed by atoms with Crippen LogP contribution >= 0.6 is 11.6 Å². The maximum Gasteiger partial charge on any atom is 0.243 e. The zero-order chi connectivity index (χ0) is 20.8. The van der Waals surface area contributed by atoms with Crippen LogP contribution in [0.15, 0.2) is 72.1 Å². The lowest BCUT2D eigenvalue weighted by atomic mass is 10.2. The number of ether oxygens (including phenoxy) is 3. The van der Waals surface area contributed by atoms with E-state index < -0.39 is 0 Å². The van der Waals surface area contributed by atoms with Gasteiger partial charge in [-0.25, -0.2) is 4.99 Å². The highest BCUT2D eigenvalue weighted by atomic mass is 35.5. The van der Waals surface area contributed by atoms with Crippen LogP contribution < -0.4 is 19.1 Å². The third-order valence-corrected chi connectivity index (χ3v) is 4.36. The normalized spacial score (nSPS) is 14.1. The van der Waals surface area contributed by atoms with Crippen molar-refractivity contribution in [1.82, 2.24) is 0 Å². The van der Waals surface area contributed by atoms with E-state index in [2.05, 4.69) is 17.6 Å².